The van der Waals surface area contributed by atoms with Gasteiger partial charge in [0.05, 0.1) is 39.0 Å². The maximum atomic E-state index is 15.0. The van der Waals surface area contributed by atoms with Crippen molar-refractivity contribution in [3.8, 4) is 10.6 Å². The predicted octanol–water partition coefficient (Wildman–Crippen LogP) is 7.70. The zero-order valence-corrected chi connectivity index (χ0v) is 33.5. The van der Waals surface area contributed by atoms with Gasteiger partial charge in [-0.05, 0) is 86.0 Å². The van der Waals surface area contributed by atoms with Gasteiger partial charge in [-0.25, -0.2) is 9.88 Å². The van der Waals surface area contributed by atoms with Crippen LogP contribution in [0.4, 0.5) is 24.8 Å². The third-order valence-corrected chi connectivity index (χ3v) is 14.1. The van der Waals surface area contributed by atoms with E-state index in [1.165, 1.54) is 23.1 Å². The first kappa shape index (κ1) is 38.5. The second kappa shape index (κ2) is 13.2. The summed E-state index contributed by atoms with van der Waals surface area (Å²) in [5.41, 5.74) is -0.586. The minimum absolute atomic E-state index is 0.00860. The molecule has 1 aromatic carbocycles. The SMILES string of the molecule is Cc1c(-c2cc(N3C(=O)C4CC5C(=CCC6C(=O)N(N(C)c7nc(C(F)(F)F)ccc7Cl)C(=O)C65)C(c5ccc(CO)o5)C4(C)C3=O)n(C)n2)sc2ccc(Cl)cc12. The molecule has 0 spiro atoms. The Bertz CT molecular complexity index is 2650. The zero-order valence-electron chi connectivity index (χ0n) is 31.2. The number of aryl methyl sites for hydroxylation is 2. The molecule has 6 heterocycles. The normalized spacial score (nSPS) is 25.8. The number of pyridine rings is 1. The van der Waals surface area contributed by atoms with Gasteiger partial charge in [0.25, 0.3) is 11.8 Å². The number of rotatable bonds is 6. The zero-order chi connectivity index (χ0) is 41.3. The van der Waals surface area contributed by atoms with Crippen molar-refractivity contribution in [3.05, 3.63) is 93.0 Å². The average molecular weight is 854 g/mol. The van der Waals surface area contributed by atoms with Gasteiger partial charge in [-0.3, -0.25) is 28.9 Å². The number of carbonyl (C=O) groups is 4. The quantitative estimate of drug-likeness (QED) is 0.134. The molecule has 2 saturated heterocycles. The Morgan fingerprint density at radius 1 is 1.03 bits per heavy atom. The fourth-order valence-electron chi connectivity index (χ4n) is 9.57. The number of hydrazine groups is 1. The van der Waals surface area contributed by atoms with E-state index in [1.807, 2.05) is 25.1 Å². The lowest BCUT2D eigenvalue weighted by Crippen LogP contribution is -2.49. The van der Waals surface area contributed by atoms with Crippen LogP contribution < -0.4 is 9.91 Å². The molecular formula is C40H33Cl2F3N6O6S. The lowest BCUT2D eigenvalue weighted by atomic mass is 9.52. The van der Waals surface area contributed by atoms with Crippen LogP contribution in [-0.2, 0) is 39.0 Å². The maximum Gasteiger partial charge on any atom is 0.433 e. The summed E-state index contributed by atoms with van der Waals surface area (Å²) < 4.78 is 49.6. The number of fused-ring (bicyclic) bond motifs is 5. The number of allylic oxidation sites excluding steroid dienone is 2. The molecule has 2 aliphatic heterocycles. The van der Waals surface area contributed by atoms with Crippen molar-refractivity contribution in [1.29, 1.82) is 0 Å². The Labute approximate surface area is 342 Å². The van der Waals surface area contributed by atoms with Gasteiger partial charge < -0.3 is 9.52 Å². The van der Waals surface area contributed by atoms with Crippen LogP contribution in [0.5, 0.6) is 0 Å². The van der Waals surface area contributed by atoms with E-state index < -0.39 is 82.9 Å². The van der Waals surface area contributed by atoms with Crippen LogP contribution in [-0.4, -0.2) is 55.6 Å². The first-order chi connectivity index (χ1) is 27.4. The van der Waals surface area contributed by atoms with Gasteiger partial charge in [0.15, 0.2) is 5.82 Å². The summed E-state index contributed by atoms with van der Waals surface area (Å²) in [6.45, 7) is 3.23. The van der Waals surface area contributed by atoms with E-state index in [2.05, 4.69) is 4.98 Å². The Morgan fingerprint density at radius 2 is 1.79 bits per heavy atom. The highest BCUT2D eigenvalue weighted by Crippen LogP contribution is 2.64. The smallest absolute Gasteiger partial charge is 0.433 e. The summed E-state index contributed by atoms with van der Waals surface area (Å²) in [6, 6.07) is 12.2. The summed E-state index contributed by atoms with van der Waals surface area (Å²) in [6.07, 6.45) is -2.94. The molecule has 1 N–H and O–H groups in total. The molecule has 6 unspecified atom stereocenters. The van der Waals surface area contributed by atoms with Crippen molar-refractivity contribution in [2.75, 3.05) is 17.0 Å². The summed E-state index contributed by atoms with van der Waals surface area (Å²) in [4.78, 5) is 64.1. The molecule has 18 heteroatoms. The largest absolute Gasteiger partial charge is 0.463 e. The van der Waals surface area contributed by atoms with Crippen LogP contribution in [0.2, 0.25) is 10.0 Å². The van der Waals surface area contributed by atoms with Crippen molar-refractivity contribution >= 4 is 79.9 Å². The van der Waals surface area contributed by atoms with E-state index in [0.29, 0.717) is 28.1 Å². The number of amides is 4. The maximum absolute atomic E-state index is 15.0. The van der Waals surface area contributed by atoms with E-state index >= 15 is 4.79 Å². The molecule has 12 nitrogen and oxygen atoms in total. The number of furan rings is 1. The third-order valence-electron chi connectivity index (χ3n) is 12.3. The number of hydrogen-bond acceptors (Lipinski definition) is 10. The van der Waals surface area contributed by atoms with Crippen molar-refractivity contribution in [3.63, 3.8) is 0 Å². The topological polar surface area (TPSA) is 142 Å². The molecule has 4 aromatic heterocycles. The standard InChI is InChI=1S/C40H33Cl2F3N6O6S/c1-17-22-13-18(41)5-11-28(22)58-33(17)26-15-30(48(3)47-26)50-36(54)24-14-23-20(32(39(24,2)38(50)56)27-10-6-19(16-52)57-27)7-8-21-31(23)37(55)51(35(21)53)49(4)34-25(42)9-12-29(46-34)40(43,44)45/h5-7,9-13,15,21,23-24,31-32,52H,8,14,16H2,1-4H3. The molecule has 5 aromatic rings. The van der Waals surface area contributed by atoms with Crippen LogP contribution >= 0.6 is 34.5 Å². The highest BCUT2D eigenvalue weighted by Gasteiger charge is 2.69. The number of thiophene rings is 1. The second-order valence-corrected chi connectivity index (χ2v) is 17.2. The lowest BCUT2D eigenvalue weighted by Gasteiger charge is -2.48. The number of alkyl halides is 3. The molecule has 6 atom stereocenters. The van der Waals surface area contributed by atoms with E-state index in [1.54, 1.807) is 38.2 Å². The number of nitrogens with zero attached hydrogens (tertiary/aromatic N) is 6. The van der Waals surface area contributed by atoms with Gasteiger partial charge in [0, 0.05) is 29.9 Å². The number of carbonyl (C=O) groups excluding carboxylic acids is 4. The number of halogens is 5. The van der Waals surface area contributed by atoms with Gasteiger partial charge in [-0.2, -0.15) is 23.3 Å². The number of aliphatic hydroxyl groups is 1. The number of aliphatic hydroxyl groups excluding tert-OH is 1. The van der Waals surface area contributed by atoms with Gasteiger partial charge in [0.1, 0.15) is 35.3 Å². The molecule has 0 bridgehead atoms. The van der Waals surface area contributed by atoms with Crippen LogP contribution in [0.25, 0.3) is 20.7 Å². The fourth-order valence-corrected chi connectivity index (χ4v) is 11.1. The summed E-state index contributed by atoms with van der Waals surface area (Å²) in [5, 5.41) is 17.7. The minimum Gasteiger partial charge on any atom is -0.463 e. The van der Waals surface area contributed by atoms with Crippen molar-refractivity contribution in [1.82, 2.24) is 19.8 Å². The molecule has 0 radical (unpaired) electrons. The average Bonchev–Trinajstić information content (AvgIpc) is 3.97. The lowest BCUT2D eigenvalue weighted by molar-refractivity contribution is -0.141. The second-order valence-electron chi connectivity index (χ2n) is 15.3. The number of imide groups is 2. The number of hydrogen-bond donors (Lipinski definition) is 1. The van der Waals surface area contributed by atoms with E-state index in [0.717, 1.165) is 41.5 Å². The Morgan fingerprint density at radius 3 is 2.50 bits per heavy atom. The van der Waals surface area contributed by atoms with E-state index in [4.69, 9.17) is 32.7 Å². The number of aromatic nitrogens is 3. The van der Waals surface area contributed by atoms with Crippen molar-refractivity contribution in [2.24, 2.45) is 36.1 Å². The third kappa shape index (κ3) is 5.44. The Kier molecular flexibility index (Phi) is 8.79. The molecule has 1 saturated carbocycles. The molecule has 3 fully saturated rings. The summed E-state index contributed by atoms with van der Waals surface area (Å²) in [5.74, 6) is -6.69. The monoisotopic (exact) mass is 852 g/mol. The fraction of sp³-hybridized carbons (Fsp3) is 0.350. The van der Waals surface area contributed by atoms with Crippen LogP contribution in [0, 0.1) is 36.0 Å². The molecule has 4 amide bonds. The van der Waals surface area contributed by atoms with Gasteiger partial charge in [0.2, 0.25) is 11.8 Å². The molecule has 4 aliphatic rings. The first-order valence-electron chi connectivity index (χ1n) is 18.3. The minimum atomic E-state index is -4.82. The van der Waals surface area contributed by atoms with Crippen LogP contribution in [0.3, 0.4) is 0 Å². The number of benzene rings is 1. The van der Waals surface area contributed by atoms with Gasteiger partial charge >= 0.3 is 6.18 Å². The highest BCUT2D eigenvalue weighted by atomic mass is 35.5. The van der Waals surface area contributed by atoms with Crippen molar-refractivity contribution < 1.29 is 41.9 Å². The highest BCUT2D eigenvalue weighted by molar-refractivity contribution is 7.22. The van der Waals surface area contributed by atoms with E-state index in [9.17, 15) is 32.7 Å². The molecule has 2 aliphatic carbocycles. The summed E-state index contributed by atoms with van der Waals surface area (Å²) in [7, 11) is 2.89. The Balaban J connectivity index is 1.11. The summed E-state index contributed by atoms with van der Waals surface area (Å²) >= 11 is 14.1. The molecular weight excluding hydrogens is 820 g/mol. The van der Waals surface area contributed by atoms with Crippen molar-refractivity contribution in [2.45, 2.75) is 45.4 Å². The Hall–Kier alpha value is -5.03. The molecule has 58 heavy (non-hydrogen) atoms. The van der Waals surface area contributed by atoms with Crippen LogP contribution in [0.1, 0.15) is 48.5 Å². The van der Waals surface area contributed by atoms with E-state index in [-0.39, 0.29) is 29.4 Å². The molecule has 9 rings (SSSR count). The number of anilines is 2. The van der Waals surface area contributed by atoms with Gasteiger partial charge in [-0.15, -0.1) is 11.3 Å². The van der Waals surface area contributed by atoms with Crippen LogP contribution in [0.15, 0.2) is 64.6 Å². The molecule has 300 valence electrons. The van der Waals surface area contributed by atoms with Gasteiger partial charge in [-0.1, -0.05) is 34.9 Å². The first-order valence-corrected chi connectivity index (χ1v) is 19.9. The predicted molar refractivity (Wildman–Crippen MR) is 208 cm³/mol.